The van der Waals surface area contributed by atoms with Gasteiger partial charge in [-0.3, -0.25) is 4.57 Å². The fraction of sp³-hybridized carbons (Fsp3) is 0.200. The second-order valence-electron chi connectivity index (χ2n) is 12.5. The van der Waals surface area contributed by atoms with Crippen molar-refractivity contribution < 1.29 is 4.74 Å². The van der Waals surface area contributed by atoms with Gasteiger partial charge in [0.05, 0.1) is 28.1 Å². The smallest absolute Gasteiger partial charge is 0.137 e. The van der Waals surface area contributed by atoms with Gasteiger partial charge in [0.15, 0.2) is 0 Å². The molecular formula is C40H38N4O. The molecule has 0 amide bonds. The molecular weight excluding hydrogens is 552 g/mol. The van der Waals surface area contributed by atoms with E-state index >= 15 is 0 Å². The standard InChI is InChI=1S/C40H38N4O/c1-6-34-39(27-14-9-8-10-15-27)35(7-2)44(42-34)29-16-13-17-30(25-29)45-31-20-21-33-32-18-11-12-19-36(32)43(37(33)26-31)38-24-28(22-23-41-38)40(3,4)5/h8-26H,6-7H2,1-5H3. The van der Waals surface area contributed by atoms with Crippen molar-refractivity contribution in [1.29, 1.82) is 0 Å². The molecule has 5 heteroatoms. The Morgan fingerprint density at radius 2 is 1.44 bits per heavy atom. The van der Waals surface area contributed by atoms with E-state index in [0.717, 1.165) is 52.6 Å². The summed E-state index contributed by atoms with van der Waals surface area (Å²) in [5.74, 6) is 2.44. The van der Waals surface area contributed by atoms with Crippen molar-refractivity contribution in [2.24, 2.45) is 0 Å². The van der Waals surface area contributed by atoms with E-state index in [-0.39, 0.29) is 5.41 Å². The van der Waals surface area contributed by atoms with Crippen LogP contribution in [0.5, 0.6) is 11.5 Å². The summed E-state index contributed by atoms with van der Waals surface area (Å²) in [7, 11) is 0. The van der Waals surface area contributed by atoms with Crippen molar-refractivity contribution in [3.05, 3.63) is 132 Å². The van der Waals surface area contributed by atoms with Crippen LogP contribution in [0.2, 0.25) is 0 Å². The molecule has 0 spiro atoms. The lowest BCUT2D eigenvalue weighted by Crippen LogP contribution is -2.12. The molecule has 0 bridgehead atoms. The lowest BCUT2D eigenvalue weighted by molar-refractivity contribution is 0.482. The SMILES string of the molecule is CCc1nn(-c2cccc(Oc3ccc4c5ccccc5n(-c5cc(C(C)(C)C)ccn5)c4c3)c2)c(CC)c1-c1ccccc1. The van der Waals surface area contributed by atoms with Crippen molar-refractivity contribution in [3.63, 3.8) is 0 Å². The first-order chi connectivity index (χ1) is 21.9. The van der Waals surface area contributed by atoms with Crippen LogP contribution in [-0.2, 0) is 18.3 Å². The summed E-state index contributed by atoms with van der Waals surface area (Å²) in [4.78, 5) is 4.82. The lowest BCUT2D eigenvalue weighted by Gasteiger charge is -2.20. The van der Waals surface area contributed by atoms with E-state index in [0.29, 0.717) is 0 Å². The van der Waals surface area contributed by atoms with Crippen LogP contribution in [0.3, 0.4) is 0 Å². The molecule has 7 aromatic rings. The number of benzene rings is 4. The molecule has 0 aliphatic rings. The van der Waals surface area contributed by atoms with E-state index < -0.39 is 0 Å². The van der Waals surface area contributed by atoms with Crippen LogP contribution < -0.4 is 4.74 Å². The van der Waals surface area contributed by atoms with Crippen molar-refractivity contribution in [1.82, 2.24) is 19.3 Å². The first kappa shape index (κ1) is 28.6. The van der Waals surface area contributed by atoms with E-state index in [2.05, 4.69) is 141 Å². The number of aryl methyl sites for hydroxylation is 1. The second-order valence-corrected chi connectivity index (χ2v) is 12.5. The molecule has 3 aromatic heterocycles. The maximum Gasteiger partial charge on any atom is 0.137 e. The van der Waals surface area contributed by atoms with Crippen molar-refractivity contribution in [3.8, 4) is 34.1 Å². The maximum atomic E-state index is 6.56. The zero-order chi connectivity index (χ0) is 31.1. The molecule has 224 valence electrons. The molecule has 5 nitrogen and oxygen atoms in total. The minimum absolute atomic E-state index is 0.0156. The highest BCUT2D eigenvalue weighted by Gasteiger charge is 2.20. The van der Waals surface area contributed by atoms with Gasteiger partial charge in [-0.05, 0) is 71.8 Å². The van der Waals surface area contributed by atoms with Crippen LogP contribution in [0.4, 0.5) is 0 Å². The molecule has 0 fully saturated rings. The summed E-state index contributed by atoms with van der Waals surface area (Å²) in [6, 6.07) is 38.0. The number of pyridine rings is 1. The first-order valence-corrected chi connectivity index (χ1v) is 15.8. The van der Waals surface area contributed by atoms with Gasteiger partial charge in [0.1, 0.15) is 17.3 Å². The van der Waals surface area contributed by atoms with Gasteiger partial charge in [-0.25, -0.2) is 9.67 Å². The minimum Gasteiger partial charge on any atom is -0.457 e. The summed E-state index contributed by atoms with van der Waals surface area (Å²) in [5, 5.41) is 7.44. The third-order valence-electron chi connectivity index (χ3n) is 8.57. The molecule has 0 N–H and O–H groups in total. The lowest BCUT2D eigenvalue weighted by atomic mass is 9.88. The molecule has 0 atom stereocenters. The highest BCUT2D eigenvalue weighted by molar-refractivity contribution is 6.09. The van der Waals surface area contributed by atoms with Crippen LogP contribution in [0.1, 0.15) is 51.6 Å². The van der Waals surface area contributed by atoms with Gasteiger partial charge in [-0.2, -0.15) is 5.10 Å². The monoisotopic (exact) mass is 590 g/mol. The van der Waals surface area contributed by atoms with E-state index in [9.17, 15) is 0 Å². The van der Waals surface area contributed by atoms with Gasteiger partial charge in [0.25, 0.3) is 0 Å². The summed E-state index contributed by atoms with van der Waals surface area (Å²) >= 11 is 0. The van der Waals surface area contributed by atoms with Crippen LogP contribution in [0.25, 0.3) is 44.4 Å². The van der Waals surface area contributed by atoms with Crippen LogP contribution in [-0.4, -0.2) is 19.3 Å². The Morgan fingerprint density at radius 3 is 2.22 bits per heavy atom. The Balaban J connectivity index is 1.30. The number of nitrogens with zero attached hydrogens (tertiary/aromatic N) is 4. The Hall–Kier alpha value is -5.16. The summed E-state index contributed by atoms with van der Waals surface area (Å²) < 4.78 is 10.9. The number of fused-ring (bicyclic) bond motifs is 3. The third-order valence-corrected chi connectivity index (χ3v) is 8.57. The van der Waals surface area contributed by atoms with Gasteiger partial charge in [0, 0.05) is 34.7 Å². The largest absolute Gasteiger partial charge is 0.457 e. The van der Waals surface area contributed by atoms with Crippen LogP contribution in [0, 0.1) is 0 Å². The van der Waals surface area contributed by atoms with Gasteiger partial charge >= 0.3 is 0 Å². The Kier molecular flexibility index (Phi) is 7.25. The molecule has 0 aliphatic carbocycles. The molecule has 0 radical (unpaired) electrons. The number of para-hydroxylation sites is 1. The van der Waals surface area contributed by atoms with E-state index in [1.807, 2.05) is 18.3 Å². The predicted molar refractivity (Wildman–Crippen MR) is 185 cm³/mol. The quantitative estimate of drug-likeness (QED) is 0.186. The summed E-state index contributed by atoms with van der Waals surface area (Å²) in [5.41, 5.74) is 9.17. The number of hydrogen-bond acceptors (Lipinski definition) is 3. The molecule has 45 heavy (non-hydrogen) atoms. The zero-order valence-electron chi connectivity index (χ0n) is 26.6. The second kappa shape index (κ2) is 11.4. The molecule has 3 heterocycles. The van der Waals surface area contributed by atoms with Gasteiger partial charge < -0.3 is 4.74 Å². The molecule has 0 saturated heterocycles. The van der Waals surface area contributed by atoms with E-state index in [1.54, 1.807) is 0 Å². The Bertz CT molecular complexity index is 2150. The average Bonchev–Trinajstić information content (AvgIpc) is 3.60. The first-order valence-electron chi connectivity index (χ1n) is 15.8. The number of hydrogen-bond donors (Lipinski definition) is 0. The molecule has 0 aliphatic heterocycles. The number of rotatable bonds is 7. The van der Waals surface area contributed by atoms with Crippen molar-refractivity contribution in [2.45, 2.75) is 52.9 Å². The maximum absolute atomic E-state index is 6.56. The molecule has 0 saturated carbocycles. The zero-order valence-corrected chi connectivity index (χ0v) is 26.6. The topological polar surface area (TPSA) is 44.9 Å². The Labute approximate surface area is 264 Å². The average molecular weight is 591 g/mol. The van der Waals surface area contributed by atoms with Gasteiger partial charge in [-0.1, -0.05) is 89.2 Å². The fourth-order valence-electron chi connectivity index (χ4n) is 6.31. The third kappa shape index (κ3) is 5.18. The molecule has 4 aromatic carbocycles. The summed E-state index contributed by atoms with van der Waals surface area (Å²) in [6.07, 6.45) is 3.64. The van der Waals surface area contributed by atoms with Crippen LogP contribution >= 0.6 is 0 Å². The highest BCUT2D eigenvalue weighted by atomic mass is 16.5. The van der Waals surface area contributed by atoms with Crippen molar-refractivity contribution in [2.75, 3.05) is 0 Å². The molecule has 7 rings (SSSR count). The Morgan fingerprint density at radius 1 is 0.689 bits per heavy atom. The number of aromatic nitrogens is 4. The van der Waals surface area contributed by atoms with E-state index in [4.69, 9.17) is 14.8 Å². The van der Waals surface area contributed by atoms with Gasteiger partial charge in [-0.15, -0.1) is 0 Å². The highest BCUT2D eigenvalue weighted by Crippen LogP contribution is 2.36. The fourth-order valence-corrected chi connectivity index (χ4v) is 6.31. The minimum atomic E-state index is 0.0156. The summed E-state index contributed by atoms with van der Waals surface area (Å²) in [6.45, 7) is 11.1. The van der Waals surface area contributed by atoms with Gasteiger partial charge in [0.2, 0.25) is 0 Å². The molecule has 0 unspecified atom stereocenters. The normalized spacial score (nSPS) is 11.8. The van der Waals surface area contributed by atoms with Crippen LogP contribution in [0.15, 0.2) is 115 Å². The van der Waals surface area contributed by atoms with Crippen molar-refractivity contribution >= 4 is 21.8 Å². The van der Waals surface area contributed by atoms with E-state index in [1.165, 1.54) is 33.2 Å². The number of ether oxygens (including phenoxy) is 1. The predicted octanol–water partition coefficient (Wildman–Crippen LogP) is 10.2.